The number of ether oxygens (including phenoxy) is 2. The lowest BCUT2D eigenvalue weighted by Gasteiger charge is -2.13. The SMILES string of the molecule is N#Cc1cc2cc3c(cc2nc1NCCNC(=O)Nc1ccccc1-c1ccccc1)OCO3. The van der Waals surface area contributed by atoms with Crippen LogP contribution >= 0.6 is 0 Å². The van der Waals surface area contributed by atoms with Gasteiger partial charge >= 0.3 is 6.03 Å². The van der Waals surface area contributed by atoms with Crippen molar-refractivity contribution in [2.75, 3.05) is 30.5 Å². The first kappa shape index (κ1) is 21.1. The molecule has 0 radical (unpaired) electrons. The zero-order valence-corrected chi connectivity index (χ0v) is 18.2. The lowest BCUT2D eigenvalue weighted by molar-refractivity contribution is 0.174. The maximum Gasteiger partial charge on any atom is 0.319 e. The number of nitrogens with zero attached hydrogens (tertiary/aromatic N) is 2. The Balaban J connectivity index is 1.21. The molecule has 0 saturated carbocycles. The van der Waals surface area contributed by atoms with Crippen LogP contribution in [0.15, 0.2) is 72.8 Å². The first-order chi connectivity index (χ1) is 16.7. The van der Waals surface area contributed by atoms with E-state index < -0.39 is 0 Å². The summed E-state index contributed by atoms with van der Waals surface area (Å²) >= 11 is 0. The monoisotopic (exact) mass is 451 g/mol. The number of amides is 2. The summed E-state index contributed by atoms with van der Waals surface area (Å²) < 4.78 is 10.8. The lowest BCUT2D eigenvalue weighted by Crippen LogP contribution is -2.33. The Hall–Kier alpha value is -4.77. The maximum absolute atomic E-state index is 12.5. The van der Waals surface area contributed by atoms with E-state index in [0.717, 1.165) is 22.2 Å². The van der Waals surface area contributed by atoms with Crippen molar-refractivity contribution in [1.82, 2.24) is 10.3 Å². The highest BCUT2D eigenvalue weighted by molar-refractivity contribution is 5.94. The molecule has 0 fully saturated rings. The number of carbonyl (C=O) groups is 1. The molecular formula is C26H21N5O3. The molecule has 1 aliphatic rings. The van der Waals surface area contributed by atoms with Crippen molar-refractivity contribution < 1.29 is 14.3 Å². The molecule has 1 aliphatic heterocycles. The van der Waals surface area contributed by atoms with Crippen molar-refractivity contribution in [1.29, 1.82) is 5.26 Å². The van der Waals surface area contributed by atoms with Crippen molar-refractivity contribution in [3.63, 3.8) is 0 Å². The fourth-order valence-corrected chi connectivity index (χ4v) is 3.77. The highest BCUT2D eigenvalue weighted by Gasteiger charge is 2.16. The second-order valence-corrected chi connectivity index (χ2v) is 7.61. The van der Waals surface area contributed by atoms with Crippen LogP contribution in [0.5, 0.6) is 11.5 Å². The van der Waals surface area contributed by atoms with Crippen molar-refractivity contribution in [2.24, 2.45) is 0 Å². The third-order valence-electron chi connectivity index (χ3n) is 5.39. The summed E-state index contributed by atoms with van der Waals surface area (Å²) in [6, 6.07) is 24.7. The Morgan fingerprint density at radius 3 is 2.56 bits per heavy atom. The lowest BCUT2D eigenvalue weighted by atomic mass is 10.0. The Labute approximate surface area is 196 Å². The van der Waals surface area contributed by atoms with E-state index in [-0.39, 0.29) is 12.8 Å². The van der Waals surface area contributed by atoms with Crippen LogP contribution in [0, 0.1) is 11.3 Å². The topological polar surface area (TPSA) is 108 Å². The van der Waals surface area contributed by atoms with Gasteiger partial charge in [0.2, 0.25) is 6.79 Å². The van der Waals surface area contributed by atoms with Crippen LogP contribution < -0.4 is 25.4 Å². The minimum absolute atomic E-state index is 0.172. The molecule has 0 spiro atoms. The first-order valence-corrected chi connectivity index (χ1v) is 10.8. The normalized spacial score (nSPS) is 11.6. The smallest absolute Gasteiger partial charge is 0.319 e. The molecular weight excluding hydrogens is 430 g/mol. The summed E-state index contributed by atoms with van der Waals surface area (Å²) in [4.78, 5) is 17.0. The zero-order valence-electron chi connectivity index (χ0n) is 18.2. The van der Waals surface area contributed by atoms with Gasteiger partial charge in [0.1, 0.15) is 11.9 Å². The molecule has 8 nitrogen and oxygen atoms in total. The average molecular weight is 451 g/mol. The van der Waals surface area contributed by atoms with Crippen LogP contribution in [0.1, 0.15) is 5.56 Å². The van der Waals surface area contributed by atoms with E-state index in [1.807, 2.05) is 60.7 Å². The van der Waals surface area contributed by atoms with E-state index in [1.165, 1.54) is 0 Å². The number of anilines is 2. The van der Waals surface area contributed by atoms with E-state index >= 15 is 0 Å². The number of hydrogen-bond acceptors (Lipinski definition) is 6. The van der Waals surface area contributed by atoms with Gasteiger partial charge in [-0.25, -0.2) is 9.78 Å². The van der Waals surface area contributed by atoms with Gasteiger partial charge < -0.3 is 25.4 Å². The van der Waals surface area contributed by atoms with Crippen molar-refractivity contribution in [2.45, 2.75) is 0 Å². The number of para-hydroxylation sites is 1. The third kappa shape index (κ3) is 4.40. The summed E-state index contributed by atoms with van der Waals surface area (Å²) in [5, 5.41) is 19.2. The summed E-state index contributed by atoms with van der Waals surface area (Å²) in [7, 11) is 0. The fraction of sp³-hybridized carbons (Fsp3) is 0.115. The van der Waals surface area contributed by atoms with Gasteiger partial charge in [0.15, 0.2) is 11.5 Å². The number of carbonyl (C=O) groups excluding carboxylic acids is 1. The summed E-state index contributed by atoms with van der Waals surface area (Å²) in [5.41, 5.74) is 3.78. The highest BCUT2D eigenvalue weighted by atomic mass is 16.7. The number of urea groups is 1. The Morgan fingerprint density at radius 1 is 0.971 bits per heavy atom. The number of aromatic nitrogens is 1. The molecule has 3 N–H and O–H groups in total. The maximum atomic E-state index is 12.5. The third-order valence-corrected chi connectivity index (χ3v) is 5.39. The molecule has 0 bridgehead atoms. The number of nitriles is 1. The van der Waals surface area contributed by atoms with E-state index in [2.05, 4.69) is 27.0 Å². The van der Waals surface area contributed by atoms with Gasteiger partial charge in [-0.2, -0.15) is 5.26 Å². The van der Waals surface area contributed by atoms with Crippen molar-refractivity contribution in [3.05, 3.63) is 78.4 Å². The van der Waals surface area contributed by atoms with E-state index in [9.17, 15) is 10.1 Å². The summed E-state index contributed by atoms with van der Waals surface area (Å²) in [6.45, 7) is 0.905. The zero-order chi connectivity index (χ0) is 23.3. The highest BCUT2D eigenvalue weighted by Crippen LogP contribution is 2.36. The standard InChI is InChI=1S/C26H21N5O3/c27-15-19-12-18-13-23-24(34-16-33-23)14-22(18)30-25(19)28-10-11-29-26(32)31-21-9-5-4-8-20(21)17-6-2-1-3-7-17/h1-9,12-14H,10-11,16H2,(H,28,30)(H2,29,31,32). The number of benzene rings is 3. The van der Waals surface area contributed by atoms with Crippen LogP contribution in [-0.2, 0) is 0 Å². The molecule has 168 valence electrons. The van der Waals surface area contributed by atoms with Crippen LogP contribution in [0.2, 0.25) is 0 Å². The molecule has 4 aromatic rings. The predicted molar refractivity (Wildman–Crippen MR) is 130 cm³/mol. The molecule has 5 rings (SSSR count). The molecule has 0 saturated heterocycles. The Morgan fingerprint density at radius 2 is 1.74 bits per heavy atom. The minimum atomic E-state index is -0.315. The van der Waals surface area contributed by atoms with Crippen molar-refractivity contribution >= 4 is 28.4 Å². The van der Waals surface area contributed by atoms with Gasteiger partial charge in [-0.1, -0.05) is 48.5 Å². The first-order valence-electron chi connectivity index (χ1n) is 10.8. The van der Waals surface area contributed by atoms with Gasteiger partial charge in [-0.3, -0.25) is 0 Å². The Kier molecular flexibility index (Phi) is 5.82. The van der Waals surface area contributed by atoms with Gasteiger partial charge in [0.05, 0.1) is 16.8 Å². The fourth-order valence-electron chi connectivity index (χ4n) is 3.77. The van der Waals surface area contributed by atoms with Gasteiger partial charge in [0.25, 0.3) is 0 Å². The van der Waals surface area contributed by atoms with Crippen LogP contribution in [0.3, 0.4) is 0 Å². The van der Waals surface area contributed by atoms with E-state index in [1.54, 1.807) is 12.1 Å². The summed E-state index contributed by atoms with van der Waals surface area (Å²) in [6.07, 6.45) is 0. The molecule has 2 heterocycles. The molecule has 2 amide bonds. The molecule has 8 heteroatoms. The molecule has 34 heavy (non-hydrogen) atoms. The molecule has 1 aromatic heterocycles. The molecule has 0 unspecified atom stereocenters. The molecule has 3 aromatic carbocycles. The number of nitrogens with one attached hydrogen (secondary N) is 3. The van der Waals surface area contributed by atoms with Crippen LogP contribution in [-0.4, -0.2) is 30.9 Å². The number of fused-ring (bicyclic) bond motifs is 2. The predicted octanol–water partition coefficient (Wildman–Crippen LogP) is 4.74. The van der Waals surface area contributed by atoms with Gasteiger partial charge in [-0.05, 0) is 23.8 Å². The number of hydrogen-bond donors (Lipinski definition) is 3. The Bertz CT molecular complexity index is 1400. The van der Waals surface area contributed by atoms with E-state index in [4.69, 9.17) is 9.47 Å². The largest absolute Gasteiger partial charge is 0.454 e. The molecule has 0 atom stereocenters. The number of pyridine rings is 1. The minimum Gasteiger partial charge on any atom is -0.454 e. The average Bonchev–Trinajstić information content (AvgIpc) is 3.33. The second kappa shape index (κ2) is 9.38. The van der Waals surface area contributed by atoms with Gasteiger partial charge in [0, 0.05) is 30.1 Å². The van der Waals surface area contributed by atoms with Crippen LogP contribution in [0.25, 0.3) is 22.0 Å². The summed E-state index contributed by atoms with van der Waals surface area (Å²) in [5.74, 6) is 1.72. The van der Waals surface area contributed by atoms with Crippen LogP contribution in [0.4, 0.5) is 16.3 Å². The number of rotatable bonds is 6. The molecule has 0 aliphatic carbocycles. The van der Waals surface area contributed by atoms with Gasteiger partial charge in [-0.15, -0.1) is 0 Å². The van der Waals surface area contributed by atoms with E-state index in [0.29, 0.717) is 41.5 Å². The van der Waals surface area contributed by atoms with Crippen molar-refractivity contribution in [3.8, 4) is 28.7 Å². The second-order valence-electron chi connectivity index (χ2n) is 7.61. The quantitative estimate of drug-likeness (QED) is 0.366.